The summed E-state index contributed by atoms with van der Waals surface area (Å²) in [5.74, 6) is 1.23. The van der Waals surface area contributed by atoms with Gasteiger partial charge in [-0.2, -0.15) is 0 Å². The Morgan fingerprint density at radius 1 is 1.21 bits per heavy atom. The Hall–Kier alpha value is -2.31. The van der Waals surface area contributed by atoms with Crippen molar-refractivity contribution in [2.75, 3.05) is 12.0 Å². The van der Waals surface area contributed by atoms with Crippen LogP contribution in [0.3, 0.4) is 0 Å². The number of nitrogens with zero attached hydrogens (tertiary/aromatic N) is 1. The zero-order chi connectivity index (χ0) is 20.3. The third kappa shape index (κ3) is 4.23. The monoisotopic (exact) mass is 413 g/mol. The number of carbonyl (C=O) groups is 1. The lowest BCUT2D eigenvalue weighted by atomic mass is 10.1. The van der Waals surface area contributed by atoms with Gasteiger partial charge in [-0.3, -0.25) is 9.69 Å². The molecule has 0 aliphatic carbocycles. The maximum absolute atomic E-state index is 13.0. The van der Waals surface area contributed by atoms with Crippen LogP contribution in [-0.4, -0.2) is 23.4 Å². The molecule has 0 N–H and O–H groups in total. The number of methoxy groups -OCH3 is 1. The van der Waals surface area contributed by atoms with E-state index < -0.39 is 0 Å². The number of carbonyl (C=O) groups excluding carboxylic acids is 1. The van der Waals surface area contributed by atoms with Gasteiger partial charge in [-0.15, -0.1) is 0 Å². The first-order valence-corrected chi connectivity index (χ1v) is 10.3. The van der Waals surface area contributed by atoms with Crippen LogP contribution >= 0.6 is 24.0 Å². The van der Waals surface area contributed by atoms with Crippen LogP contribution in [-0.2, 0) is 4.79 Å². The molecule has 0 spiro atoms. The number of rotatable bonds is 6. The molecule has 3 rings (SSSR count). The molecule has 2 aromatic carbocycles. The van der Waals surface area contributed by atoms with E-state index in [1.165, 1.54) is 11.8 Å². The number of thiocarbonyl (C=S) groups is 1. The van der Waals surface area contributed by atoms with Crippen molar-refractivity contribution >= 4 is 46.0 Å². The number of amides is 1. The second-order valence-electron chi connectivity index (χ2n) is 6.55. The van der Waals surface area contributed by atoms with Gasteiger partial charge in [0.15, 0.2) is 15.8 Å². The number of ether oxygens (including phenoxy) is 2. The van der Waals surface area contributed by atoms with Crippen LogP contribution in [0.15, 0.2) is 47.4 Å². The Labute approximate surface area is 175 Å². The summed E-state index contributed by atoms with van der Waals surface area (Å²) >= 11 is 6.77. The molecule has 1 fully saturated rings. The number of anilines is 1. The minimum absolute atomic E-state index is 0.102. The standard InChI is InChI=1S/C22H23NO3S2/c1-5-15(3)26-18-11-10-16(12-19(18)25-4)13-20-21(24)23(22(27)28-20)17-9-7-6-8-14(17)2/h6-13,15H,5H2,1-4H3/b20-13-/t15-/m1/s1. The van der Waals surface area contributed by atoms with Gasteiger partial charge in [0.1, 0.15) is 0 Å². The van der Waals surface area contributed by atoms with Gasteiger partial charge in [0.2, 0.25) is 0 Å². The Balaban J connectivity index is 1.89. The lowest BCUT2D eigenvalue weighted by Gasteiger charge is -2.17. The maximum Gasteiger partial charge on any atom is 0.270 e. The summed E-state index contributed by atoms with van der Waals surface area (Å²) in [6.45, 7) is 6.06. The molecule has 0 unspecified atom stereocenters. The van der Waals surface area contributed by atoms with E-state index in [2.05, 4.69) is 6.92 Å². The smallest absolute Gasteiger partial charge is 0.270 e. The first kappa shape index (κ1) is 20.4. The van der Waals surface area contributed by atoms with Gasteiger partial charge in [0.25, 0.3) is 5.91 Å². The van der Waals surface area contributed by atoms with Crippen molar-refractivity contribution in [1.82, 2.24) is 0 Å². The van der Waals surface area contributed by atoms with E-state index in [4.69, 9.17) is 21.7 Å². The summed E-state index contributed by atoms with van der Waals surface area (Å²) in [7, 11) is 1.61. The number of hydrogen-bond acceptors (Lipinski definition) is 5. The topological polar surface area (TPSA) is 38.8 Å². The number of para-hydroxylation sites is 1. The first-order valence-electron chi connectivity index (χ1n) is 9.12. The van der Waals surface area contributed by atoms with E-state index in [0.717, 1.165) is 23.2 Å². The second kappa shape index (κ2) is 8.80. The highest BCUT2D eigenvalue weighted by atomic mass is 32.2. The van der Waals surface area contributed by atoms with E-state index in [1.54, 1.807) is 12.0 Å². The first-order chi connectivity index (χ1) is 13.4. The van der Waals surface area contributed by atoms with Crippen LogP contribution in [0.1, 0.15) is 31.4 Å². The minimum atomic E-state index is -0.108. The molecule has 28 heavy (non-hydrogen) atoms. The van der Waals surface area contributed by atoms with E-state index in [9.17, 15) is 4.79 Å². The van der Waals surface area contributed by atoms with Gasteiger partial charge in [-0.1, -0.05) is 55.2 Å². The largest absolute Gasteiger partial charge is 0.493 e. The molecular formula is C22H23NO3S2. The van der Waals surface area contributed by atoms with Gasteiger partial charge < -0.3 is 9.47 Å². The molecule has 1 atom stereocenters. The Morgan fingerprint density at radius 2 is 1.96 bits per heavy atom. The normalized spacial score (nSPS) is 16.6. The molecule has 0 saturated carbocycles. The molecule has 1 aliphatic rings. The molecular weight excluding hydrogens is 390 g/mol. The molecule has 1 heterocycles. The van der Waals surface area contributed by atoms with Crippen molar-refractivity contribution in [2.24, 2.45) is 0 Å². The quantitative estimate of drug-likeness (QED) is 0.456. The fourth-order valence-electron chi connectivity index (χ4n) is 2.81. The summed E-state index contributed by atoms with van der Waals surface area (Å²) in [4.78, 5) is 15.2. The van der Waals surface area contributed by atoms with Crippen molar-refractivity contribution in [3.05, 3.63) is 58.5 Å². The van der Waals surface area contributed by atoms with Crippen molar-refractivity contribution in [2.45, 2.75) is 33.3 Å². The number of thioether (sulfide) groups is 1. The minimum Gasteiger partial charge on any atom is -0.493 e. The Morgan fingerprint density at radius 3 is 2.64 bits per heavy atom. The molecule has 146 valence electrons. The van der Waals surface area contributed by atoms with Gasteiger partial charge in [0, 0.05) is 0 Å². The SMILES string of the molecule is CC[C@@H](C)Oc1ccc(/C=C2\SC(=S)N(c3ccccc3C)C2=O)cc1OC. The molecule has 0 radical (unpaired) electrons. The third-order valence-electron chi connectivity index (χ3n) is 4.54. The van der Waals surface area contributed by atoms with Crippen molar-refractivity contribution in [3.8, 4) is 11.5 Å². The molecule has 4 nitrogen and oxygen atoms in total. The number of aryl methyl sites for hydroxylation is 1. The number of benzene rings is 2. The molecule has 2 aromatic rings. The molecule has 6 heteroatoms. The van der Waals surface area contributed by atoms with Crippen molar-refractivity contribution in [1.29, 1.82) is 0 Å². The zero-order valence-electron chi connectivity index (χ0n) is 16.4. The van der Waals surface area contributed by atoms with E-state index in [0.29, 0.717) is 20.7 Å². The van der Waals surface area contributed by atoms with Crippen molar-refractivity contribution < 1.29 is 14.3 Å². The maximum atomic E-state index is 13.0. The van der Waals surface area contributed by atoms with E-state index >= 15 is 0 Å². The van der Waals surface area contributed by atoms with Gasteiger partial charge >= 0.3 is 0 Å². The summed E-state index contributed by atoms with van der Waals surface area (Å²) in [5.41, 5.74) is 2.69. The Kier molecular flexibility index (Phi) is 6.42. The number of hydrogen-bond donors (Lipinski definition) is 0. The van der Waals surface area contributed by atoms with Gasteiger partial charge in [0.05, 0.1) is 23.8 Å². The summed E-state index contributed by atoms with van der Waals surface area (Å²) < 4.78 is 11.9. The molecule has 1 amide bonds. The van der Waals surface area contributed by atoms with Crippen LogP contribution < -0.4 is 14.4 Å². The average molecular weight is 414 g/mol. The summed E-state index contributed by atoms with van der Waals surface area (Å²) in [6, 6.07) is 13.4. The zero-order valence-corrected chi connectivity index (χ0v) is 18.0. The van der Waals surface area contributed by atoms with Crippen LogP contribution in [0.4, 0.5) is 5.69 Å². The Bertz CT molecular complexity index is 939. The van der Waals surface area contributed by atoms with Crippen LogP contribution in [0, 0.1) is 6.92 Å². The van der Waals surface area contributed by atoms with Gasteiger partial charge in [-0.25, -0.2) is 0 Å². The molecule has 1 saturated heterocycles. The van der Waals surface area contributed by atoms with Gasteiger partial charge in [-0.05, 0) is 55.7 Å². The van der Waals surface area contributed by atoms with Crippen LogP contribution in [0.25, 0.3) is 6.08 Å². The highest BCUT2D eigenvalue weighted by molar-refractivity contribution is 8.27. The predicted molar refractivity (Wildman–Crippen MR) is 120 cm³/mol. The summed E-state index contributed by atoms with van der Waals surface area (Å²) in [5, 5.41) is 0. The second-order valence-corrected chi connectivity index (χ2v) is 8.23. The predicted octanol–water partition coefficient (Wildman–Crippen LogP) is 5.59. The lowest BCUT2D eigenvalue weighted by molar-refractivity contribution is -0.113. The lowest BCUT2D eigenvalue weighted by Crippen LogP contribution is -2.28. The average Bonchev–Trinajstić information content (AvgIpc) is 2.96. The molecule has 0 bridgehead atoms. The summed E-state index contributed by atoms with van der Waals surface area (Å²) in [6.07, 6.45) is 2.85. The van der Waals surface area contributed by atoms with E-state index in [1.807, 2.05) is 62.4 Å². The molecule has 0 aromatic heterocycles. The molecule has 1 aliphatic heterocycles. The highest BCUT2D eigenvalue weighted by Crippen LogP contribution is 2.38. The third-order valence-corrected chi connectivity index (χ3v) is 5.84. The fraction of sp³-hybridized carbons (Fsp3) is 0.273. The van der Waals surface area contributed by atoms with Crippen LogP contribution in [0.2, 0.25) is 0 Å². The van der Waals surface area contributed by atoms with Crippen molar-refractivity contribution in [3.63, 3.8) is 0 Å². The van der Waals surface area contributed by atoms with Crippen LogP contribution in [0.5, 0.6) is 11.5 Å². The van der Waals surface area contributed by atoms with E-state index in [-0.39, 0.29) is 12.0 Å². The fourth-order valence-corrected chi connectivity index (χ4v) is 4.10. The highest BCUT2D eigenvalue weighted by Gasteiger charge is 2.33.